The van der Waals surface area contributed by atoms with Crippen LogP contribution < -0.4 is 5.32 Å². The average Bonchev–Trinajstić information content (AvgIpc) is 2.59. The van der Waals surface area contributed by atoms with Crippen LogP contribution in [-0.2, 0) is 4.74 Å². The van der Waals surface area contributed by atoms with E-state index < -0.39 is 0 Å². The Kier molecular flexibility index (Phi) is 5.29. The van der Waals surface area contributed by atoms with Crippen LogP contribution in [0.2, 0.25) is 0 Å². The molecule has 1 amide bonds. The number of thioether (sulfide) groups is 1. The topological polar surface area (TPSA) is 51.2 Å². The van der Waals surface area contributed by atoms with Crippen LogP contribution in [0.15, 0.2) is 36.4 Å². The van der Waals surface area contributed by atoms with Crippen LogP contribution in [0, 0.1) is 0 Å². The number of fused-ring (bicyclic) bond motifs is 1. The van der Waals surface area contributed by atoms with E-state index in [9.17, 15) is 4.79 Å². The lowest BCUT2D eigenvalue weighted by Gasteiger charge is -2.21. The van der Waals surface area contributed by atoms with Gasteiger partial charge in [-0.3, -0.25) is 4.79 Å². The summed E-state index contributed by atoms with van der Waals surface area (Å²) in [6.45, 7) is 2.41. The van der Waals surface area contributed by atoms with Gasteiger partial charge >= 0.3 is 0 Å². The molecular weight excluding hydrogens is 296 g/mol. The van der Waals surface area contributed by atoms with Gasteiger partial charge in [-0.2, -0.15) is 11.8 Å². The van der Waals surface area contributed by atoms with Crippen molar-refractivity contribution in [1.29, 1.82) is 0 Å². The summed E-state index contributed by atoms with van der Waals surface area (Å²) in [5.41, 5.74) is 1.33. The number of aromatic nitrogens is 1. The van der Waals surface area contributed by atoms with E-state index in [0.29, 0.717) is 17.5 Å². The molecule has 2 heterocycles. The zero-order chi connectivity index (χ0) is 15.2. The molecule has 0 radical (unpaired) electrons. The van der Waals surface area contributed by atoms with E-state index >= 15 is 0 Å². The number of nitrogens with one attached hydrogen (secondary N) is 1. The first kappa shape index (κ1) is 15.3. The van der Waals surface area contributed by atoms with E-state index in [1.165, 1.54) is 0 Å². The summed E-state index contributed by atoms with van der Waals surface area (Å²) in [4.78, 5) is 16.5. The number of carbonyl (C=O) groups is 1. The Balaban J connectivity index is 1.48. The fraction of sp³-hybridized carbons (Fsp3) is 0.412. The van der Waals surface area contributed by atoms with Crippen molar-refractivity contribution in [2.24, 2.45) is 0 Å². The predicted molar refractivity (Wildman–Crippen MR) is 90.4 cm³/mol. The highest BCUT2D eigenvalue weighted by Crippen LogP contribution is 2.21. The molecule has 1 aliphatic heterocycles. The molecular formula is C17H20N2O2S. The summed E-state index contributed by atoms with van der Waals surface area (Å²) in [5.74, 6) is 0.836. The van der Waals surface area contributed by atoms with E-state index in [1.54, 1.807) is 6.07 Å². The van der Waals surface area contributed by atoms with Crippen LogP contribution in [-0.4, -0.2) is 41.7 Å². The normalized spacial score (nSPS) is 15.8. The van der Waals surface area contributed by atoms with Gasteiger partial charge < -0.3 is 10.1 Å². The van der Waals surface area contributed by atoms with Crippen molar-refractivity contribution in [2.45, 2.75) is 18.1 Å². The summed E-state index contributed by atoms with van der Waals surface area (Å²) in [5, 5.41) is 4.67. The molecule has 0 atom stereocenters. The molecule has 0 bridgehead atoms. The summed E-state index contributed by atoms with van der Waals surface area (Å²) in [6, 6.07) is 11.5. The minimum atomic E-state index is -0.0988. The highest BCUT2D eigenvalue weighted by atomic mass is 32.2. The van der Waals surface area contributed by atoms with Gasteiger partial charge in [-0.25, -0.2) is 4.98 Å². The minimum Gasteiger partial charge on any atom is -0.381 e. The lowest BCUT2D eigenvalue weighted by molar-refractivity contribution is 0.0950. The summed E-state index contributed by atoms with van der Waals surface area (Å²) in [7, 11) is 0. The number of amides is 1. The minimum absolute atomic E-state index is 0.0988. The molecule has 0 saturated carbocycles. The number of rotatable bonds is 5. The molecule has 4 nitrogen and oxygen atoms in total. The molecule has 1 aromatic heterocycles. The Morgan fingerprint density at radius 3 is 2.91 bits per heavy atom. The van der Waals surface area contributed by atoms with E-state index in [4.69, 9.17) is 4.74 Å². The van der Waals surface area contributed by atoms with Gasteiger partial charge in [0.05, 0.1) is 5.52 Å². The van der Waals surface area contributed by atoms with Crippen molar-refractivity contribution in [2.75, 3.05) is 25.5 Å². The Morgan fingerprint density at radius 1 is 1.23 bits per heavy atom. The summed E-state index contributed by atoms with van der Waals surface area (Å²) < 4.78 is 5.35. The largest absolute Gasteiger partial charge is 0.381 e. The van der Waals surface area contributed by atoms with Gasteiger partial charge in [0, 0.05) is 36.1 Å². The number of pyridine rings is 1. The fourth-order valence-electron chi connectivity index (χ4n) is 2.52. The molecule has 1 aromatic carbocycles. The van der Waals surface area contributed by atoms with Crippen LogP contribution in [0.1, 0.15) is 23.3 Å². The maximum absolute atomic E-state index is 12.1. The first-order valence-corrected chi connectivity index (χ1v) is 8.71. The lowest BCUT2D eigenvalue weighted by Crippen LogP contribution is -2.27. The maximum Gasteiger partial charge on any atom is 0.269 e. The monoisotopic (exact) mass is 316 g/mol. The third kappa shape index (κ3) is 3.99. The number of ether oxygens (including phenoxy) is 1. The summed E-state index contributed by atoms with van der Waals surface area (Å²) >= 11 is 1.92. The average molecular weight is 316 g/mol. The van der Waals surface area contributed by atoms with E-state index in [-0.39, 0.29) is 5.91 Å². The molecule has 3 rings (SSSR count). The molecule has 0 unspecified atom stereocenters. The zero-order valence-corrected chi connectivity index (χ0v) is 13.3. The van der Waals surface area contributed by atoms with Gasteiger partial charge in [0.2, 0.25) is 0 Å². The molecule has 22 heavy (non-hydrogen) atoms. The predicted octanol–water partition coefficient (Wildman–Crippen LogP) is 2.88. The van der Waals surface area contributed by atoms with Gasteiger partial charge in [0.25, 0.3) is 5.91 Å². The Labute approximate surface area is 134 Å². The third-order valence-electron chi connectivity index (χ3n) is 3.74. The van der Waals surface area contributed by atoms with E-state index in [1.807, 2.05) is 42.1 Å². The highest BCUT2D eigenvalue weighted by molar-refractivity contribution is 7.99. The second kappa shape index (κ2) is 7.61. The van der Waals surface area contributed by atoms with Gasteiger partial charge in [-0.15, -0.1) is 0 Å². The molecule has 1 aliphatic rings. The summed E-state index contributed by atoms with van der Waals surface area (Å²) in [6.07, 6.45) is 2.23. The second-order valence-corrected chi connectivity index (χ2v) is 6.74. The Morgan fingerprint density at radius 2 is 2.05 bits per heavy atom. The van der Waals surface area contributed by atoms with Crippen LogP contribution in [0.4, 0.5) is 0 Å². The SMILES string of the molecule is O=C(NCCSC1CCOCC1)c1ccc2ccccc2n1. The van der Waals surface area contributed by atoms with Gasteiger partial charge in [-0.1, -0.05) is 24.3 Å². The smallest absolute Gasteiger partial charge is 0.269 e. The zero-order valence-electron chi connectivity index (χ0n) is 12.5. The van der Waals surface area contributed by atoms with Crippen molar-refractivity contribution in [3.05, 3.63) is 42.1 Å². The van der Waals surface area contributed by atoms with Gasteiger partial charge in [0.15, 0.2) is 0 Å². The number of hydrogen-bond donors (Lipinski definition) is 1. The third-order valence-corrected chi connectivity index (χ3v) is 5.12. The quantitative estimate of drug-likeness (QED) is 0.862. The van der Waals surface area contributed by atoms with Crippen molar-refractivity contribution in [3.8, 4) is 0 Å². The second-order valence-electron chi connectivity index (χ2n) is 5.33. The van der Waals surface area contributed by atoms with Gasteiger partial charge in [0.1, 0.15) is 5.69 Å². The molecule has 1 saturated heterocycles. The van der Waals surface area contributed by atoms with Crippen molar-refractivity contribution in [1.82, 2.24) is 10.3 Å². The Bertz CT molecular complexity index is 641. The number of nitrogens with zero attached hydrogens (tertiary/aromatic N) is 1. The molecule has 1 N–H and O–H groups in total. The van der Waals surface area contributed by atoms with Gasteiger partial charge in [-0.05, 0) is 25.0 Å². The van der Waals surface area contributed by atoms with Crippen LogP contribution >= 0.6 is 11.8 Å². The maximum atomic E-state index is 12.1. The molecule has 5 heteroatoms. The number of benzene rings is 1. The van der Waals surface area contributed by atoms with Crippen LogP contribution in [0.3, 0.4) is 0 Å². The van der Waals surface area contributed by atoms with Crippen LogP contribution in [0.25, 0.3) is 10.9 Å². The first-order valence-electron chi connectivity index (χ1n) is 7.66. The number of hydrogen-bond acceptors (Lipinski definition) is 4. The van der Waals surface area contributed by atoms with Crippen LogP contribution in [0.5, 0.6) is 0 Å². The molecule has 0 aliphatic carbocycles. The molecule has 116 valence electrons. The van der Waals surface area contributed by atoms with E-state index in [0.717, 1.165) is 42.7 Å². The highest BCUT2D eigenvalue weighted by Gasteiger charge is 2.14. The van der Waals surface area contributed by atoms with Crippen molar-refractivity contribution in [3.63, 3.8) is 0 Å². The molecule has 1 fully saturated rings. The van der Waals surface area contributed by atoms with Crippen molar-refractivity contribution >= 4 is 28.6 Å². The standard InChI is InChI=1S/C17H20N2O2S/c20-17(18-9-12-22-14-7-10-21-11-8-14)16-6-5-13-3-1-2-4-15(13)19-16/h1-6,14H,7-12H2,(H,18,20). The lowest BCUT2D eigenvalue weighted by atomic mass is 10.2. The Hall–Kier alpha value is -1.59. The van der Waals surface area contributed by atoms with Crippen molar-refractivity contribution < 1.29 is 9.53 Å². The molecule has 2 aromatic rings. The first-order chi connectivity index (χ1) is 10.8. The van der Waals surface area contributed by atoms with E-state index in [2.05, 4.69) is 10.3 Å². The number of para-hydroxylation sites is 1. The molecule has 0 spiro atoms. The fourth-order valence-corrected chi connectivity index (χ4v) is 3.59. The number of carbonyl (C=O) groups excluding carboxylic acids is 1.